The normalized spacial score (nSPS) is 17.8. The number of carboxylic acid groups (broad SMARTS) is 2. The fourth-order valence-electron chi connectivity index (χ4n) is 1.60. The first-order valence-corrected chi connectivity index (χ1v) is 5.58. The average Bonchev–Trinajstić information content (AvgIpc) is 2.28. The van der Waals surface area contributed by atoms with E-state index in [1.807, 2.05) is 0 Å². The Labute approximate surface area is 103 Å². The molecule has 0 aliphatic carbocycles. The highest BCUT2D eigenvalue weighted by Crippen LogP contribution is 2.05. The van der Waals surface area contributed by atoms with Gasteiger partial charge >= 0.3 is 18.0 Å². The largest absolute Gasteiger partial charge is 0.481 e. The van der Waals surface area contributed by atoms with Crippen LogP contribution in [0.4, 0.5) is 4.79 Å². The molecule has 102 valence electrons. The summed E-state index contributed by atoms with van der Waals surface area (Å²) in [7, 11) is 0. The first-order valence-electron chi connectivity index (χ1n) is 5.58. The molecule has 1 aliphatic rings. The third-order valence-electron chi connectivity index (χ3n) is 2.54. The fourth-order valence-corrected chi connectivity index (χ4v) is 1.60. The number of amides is 2. The second-order valence-corrected chi connectivity index (χ2v) is 3.99. The molecule has 0 saturated carbocycles. The predicted octanol–water partition coefficient (Wildman–Crippen LogP) is -0.608. The molecule has 1 fully saturated rings. The zero-order valence-electron chi connectivity index (χ0n) is 9.72. The summed E-state index contributed by atoms with van der Waals surface area (Å²) in [6, 6.07) is -2.17. The minimum atomic E-state index is -1.43. The number of carbonyl (C=O) groups excluding carboxylic acids is 1. The minimum Gasteiger partial charge on any atom is -0.481 e. The Bertz CT molecular complexity index is 326. The number of hydrogen-bond acceptors (Lipinski definition) is 4. The molecule has 0 spiro atoms. The predicted molar refractivity (Wildman–Crippen MR) is 59.2 cm³/mol. The lowest BCUT2D eigenvalue weighted by atomic mass is 10.1. The van der Waals surface area contributed by atoms with Crippen molar-refractivity contribution in [2.24, 2.45) is 0 Å². The van der Waals surface area contributed by atoms with Crippen LogP contribution in [0, 0.1) is 0 Å². The SMILES string of the molecule is O=C(O)C[C@H](NC(=O)NC1CCOCC1)C(=O)O. The Hall–Kier alpha value is -1.83. The fraction of sp³-hybridized carbons (Fsp3) is 0.700. The van der Waals surface area contributed by atoms with Crippen LogP contribution in [-0.2, 0) is 14.3 Å². The number of carbonyl (C=O) groups is 3. The number of rotatable bonds is 5. The highest BCUT2D eigenvalue weighted by Gasteiger charge is 2.24. The van der Waals surface area contributed by atoms with E-state index in [1.165, 1.54) is 0 Å². The number of ether oxygens (including phenoxy) is 1. The summed E-state index contributed by atoms with van der Waals surface area (Å²) in [5, 5.41) is 22.0. The van der Waals surface area contributed by atoms with Gasteiger partial charge in [-0.2, -0.15) is 0 Å². The second-order valence-electron chi connectivity index (χ2n) is 3.99. The van der Waals surface area contributed by atoms with Crippen molar-refractivity contribution < 1.29 is 29.3 Å². The van der Waals surface area contributed by atoms with Crippen molar-refractivity contribution in [3.63, 3.8) is 0 Å². The van der Waals surface area contributed by atoms with Crippen molar-refractivity contribution in [2.75, 3.05) is 13.2 Å². The van der Waals surface area contributed by atoms with Gasteiger partial charge in [-0.05, 0) is 12.8 Å². The second kappa shape index (κ2) is 6.80. The summed E-state index contributed by atoms with van der Waals surface area (Å²) in [6.07, 6.45) is 0.657. The first kappa shape index (κ1) is 14.2. The molecule has 0 aromatic rings. The molecule has 0 bridgehead atoms. The van der Waals surface area contributed by atoms with E-state index in [1.54, 1.807) is 0 Å². The monoisotopic (exact) mass is 260 g/mol. The van der Waals surface area contributed by atoms with Crippen molar-refractivity contribution in [1.82, 2.24) is 10.6 Å². The summed E-state index contributed by atoms with van der Waals surface area (Å²) in [4.78, 5) is 32.7. The molecular weight excluding hydrogens is 244 g/mol. The Balaban J connectivity index is 2.40. The van der Waals surface area contributed by atoms with E-state index in [0.717, 1.165) is 0 Å². The van der Waals surface area contributed by atoms with Gasteiger partial charge < -0.3 is 25.6 Å². The summed E-state index contributed by atoms with van der Waals surface area (Å²) in [5.74, 6) is -2.66. The van der Waals surface area contributed by atoms with Gasteiger partial charge in [-0.25, -0.2) is 9.59 Å². The van der Waals surface area contributed by atoms with Crippen LogP contribution in [0.1, 0.15) is 19.3 Å². The summed E-state index contributed by atoms with van der Waals surface area (Å²) in [6.45, 7) is 1.09. The van der Waals surface area contributed by atoms with Gasteiger partial charge in [0.05, 0.1) is 6.42 Å². The van der Waals surface area contributed by atoms with Gasteiger partial charge in [-0.15, -0.1) is 0 Å². The van der Waals surface area contributed by atoms with Crippen LogP contribution in [0.5, 0.6) is 0 Å². The van der Waals surface area contributed by atoms with E-state index in [9.17, 15) is 14.4 Å². The quantitative estimate of drug-likeness (QED) is 0.522. The third-order valence-corrected chi connectivity index (χ3v) is 2.54. The van der Waals surface area contributed by atoms with Gasteiger partial charge in [0.2, 0.25) is 0 Å². The minimum absolute atomic E-state index is 0.0713. The van der Waals surface area contributed by atoms with Gasteiger partial charge in [0.1, 0.15) is 6.04 Å². The van der Waals surface area contributed by atoms with E-state index in [4.69, 9.17) is 14.9 Å². The Kier molecular flexibility index (Phi) is 5.37. The van der Waals surface area contributed by atoms with Crippen molar-refractivity contribution in [1.29, 1.82) is 0 Å². The first-order chi connectivity index (χ1) is 8.49. The molecular formula is C10H16N2O6. The molecule has 1 atom stereocenters. The molecule has 18 heavy (non-hydrogen) atoms. The Morgan fingerprint density at radius 3 is 2.33 bits per heavy atom. The van der Waals surface area contributed by atoms with Crippen LogP contribution in [0.15, 0.2) is 0 Å². The van der Waals surface area contributed by atoms with E-state index >= 15 is 0 Å². The van der Waals surface area contributed by atoms with Gasteiger partial charge in [0.25, 0.3) is 0 Å². The topological polar surface area (TPSA) is 125 Å². The van der Waals surface area contributed by atoms with E-state index in [-0.39, 0.29) is 6.04 Å². The maximum absolute atomic E-state index is 11.5. The highest BCUT2D eigenvalue weighted by molar-refractivity contribution is 5.86. The van der Waals surface area contributed by atoms with Gasteiger partial charge in [0.15, 0.2) is 0 Å². The zero-order chi connectivity index (χ0) is 13.5. The van der Waals surface area contributed by atoms with Crippen molar-refractivity contribution in [3.05, 3.63) is 0 Å². The lowest BCUT2D eigenvalue weighted by Crippen LogP contribution is -2.50. The van der Waals surface area contributed by atoms with Crippen LogP contribution < -0.4 is 10.6 Å². The maximum Gasteiger partial charge on any atom is 0.326 e. The number of carboxylic acids is 2. The third kappa shape index (κ3) is 5.00. The van der Waals surface area contributed by atoms with E-state index in [2.05, 4.69) is 10.6 Å². The van der Waals surface area contributed by atoms with Gasteiger partial charge in [-0.1, -0.05) is 0 Å². The highest BCUT2D eigenvalue weighted by atomic mass is 16.5. The van der Waals surface area contributed by atoms with Gasteiger partial charge in [-0.3, -0.25) is 4.79 Å². The van der Waals surface area contributed by atoms with Crippen molar-refractivity contribution >= 4 is 18.0 Å². The summed E-state index contributed by atoms with van der Waals surface area (Å²) < 4.78 is 5.11. The van der Waals surface area contributed by atoms with Crippen molar-refractivity contribution in [3.8, 4) is 0 Å². The van der Waals surface area contributed by atoms with E-state index in [0.29, 0.717) is 26.1 Å². The summed E-state index contributed by atoms with van der Waals surface area (Å²) in [5.41, 5.74) is 0. The smallest absolute Gasteiger partial charge is 0.326 e. The molecule has 1 heterocycles. The molecule has 1 aliphatic heterocycles. The number of nitrogens with one attached hydrogen (secondary N) is 2. The molecule has 1 rings (SSSR count). The maximum atomic E-state index is 11.5. The van der Waals surface area contributed by atoms with Crippen LogP contribution in [-0.4, -0.2) is 53.5 Å². The van der Waals surface area contributed by atoms with Crippen LogP contribution in [0.3, 0.4) is 0 Å². The molecule has 2 amide bonds. The number of hydrogen-bond donors (Lipinski definition) is 4. The lowest BCUT2D eigenvalue weighted by Gasteiger charge is -2.24. The molecule has 0 aromatic carbocycles. The van der Waals surface area contributed by atoms with Crippen LogP contribution >= 0.6 is 0 Å². The Morgan fingerprint density at radius 1 is 1.22 bits per heavy atom. The lowest BCUT2D eigenvalue weighted by molar-refractivity contribution is -0.145. The molecule has 4 N–H and O–H groups in total. The molecule has 8 heteroatoms. The molecule has 8 nitrogen and oxygen atoms in total. The van der Waals surface area contributed by atoms with Gasteiger partial charge in [0, 0.05) is 19.3 Å². The van der Waals surface area contributed by atoms with E-state index < -0.39 is 30.4 Å². The molecule has 0 aromatic heterocycles. The number of urea groups is 1. The van der Waals surface area contributed by atoms with Crippen molar-refractivity contribution in [2.45, 2.75) is 31.3 Å². The standard InChI is InChI=1S/C10H16N2O6/c13-8(14)5-7(9(15)16)12-10(17)11-6-1-3-18-4-2-6/h6-7H,1-5H2,(H,13,14)(H,15,16)(H2,11,12,17)/t7-/m0/s1. The molecule has 0 radical (unpaired) electrons. The molecule has 1 saturated heterocycles. The summed E-state index contributed by atoms with van der Waals surface area (Å²) >= 11 is 0. The van der Waals surface area contributed by atoms with Crippen LogP contribution in [0.25, 0.3) is 0 Å². The zero-order valence-corrected chi connectivity index (χ0v) is 9.72. The molecule has 0 unspecified atom stereocenters. The Morgan fingerprint density at radius 2 is 1.83 bits per heavy atom. The van der Waals surface area contributed by atoms with Crippen LogP contribution in [0.2, 0.25) is 0 Å². The average molecular weight is 260 g/mol. The number of aliphatic carboxylic acids is 2.